The number of alkyl halides is 1. The Labute approximate surface area is 111 Å². The quantitative estimate of drug-likeness (QED) is 0.853. The second-order valence-electron chi connectivity index (χ2n) is 4.97. The highest BCUT2D eigenvalue weighted by Crippen LogP contribution is 2.23. The molecule has 1 N–H and O–H groups in total. The molecule has 0 fully saturated rings. The van der Waals surface area contributed by atoms with Crippen LogP contribution >= 0.6 is 23.2 Å². The van der Waals surface area contributed by atoms with E-state index in [1.54, 1.807) is 12.1 Å². The number of furan rings is 1. The molecule has 0 radical (unpaired) electrons. The molecule has 0 saturated carbocycles. The number of amides is 1. The molecule has 3 nitrogen and oxygen atoms in total. The van der Waals surface area contributed by atoms with E-state index in [0.29, 0.717) is 12.3 Å². The topological polar surface area (TPSA) is 42.2 Å². The molecule has 0 aliphatic heterocycles. The highest BCUT2D eigenvalue weighted by molar-refractivity contribution is 6.29. The Morgan fingerprint density at radius 3 is 2.53 bits per heavy atom. The van der Waals surface area contributed by atoms with Crippen molar-refractivity contribution in [2.45, 2.75) is 33.2 Å². The van der Waals surface area contributed by atoms with Crippen molar-refractivity contribution in [2.75, 3.05) is 5.88 Å². The Bertz CT molecular complexity index is 382. The molecule has 0 aromatic carbocycles. The van der Waals surface area contributed by atoms with Crippen LogP contribution in [0.15, 0.2) is 16.5 Å². The third-order valence-corrected chi connectivity index (χ3v) is 2.97. The molecule has 0 aliphatic rings. The fraction of sp³-hybridized carbons (Fsp3) is 0.583. The van der Waals surface area contributed by atoms with Gasteiger partial charge in [0, 0.05) is 11.9 Å². The molecule has 1 aromatic heterocycles. The zero-order valence-electron chi connectivity index (χ0n) is 10.2. The van der Waals surface area contributed by atoms with Crippen LogP contribution in [-0.4, -0.2) is 17.8 Å². The zero-order chi connectivity index (χ0) is 13.1. The molecule has 96 valence electrons. The number of rotatable bonds is 4. The van der Waals surface area contributed by atoms with Gasteiger partial charge in [-0.05, 0) is 35.6 Å². The number of halogens is 2. The lowest BCUT2D eigenvalue weighted by Gasteiger charge is -2.30. The molecule has 1 aromatic rings. The number of nitrogens with one attached hydrogen (secondary N) is 1. The van der Waals surface area contributed by atoms with Gasteiger partial charge in [-0.1, -0.05) is 20.8 Å². The van der Waals surface area contributed by atoms with Crippen LogP contribution < -0.4 is 5.32 Å². The molecule has 1 heterocycles. The van der Waals surface area contributed by atoms with Gasteiger partial charge in [0.2, 0.25) is 0 Å². The van der Waals surface area contributed by atoms with Crippen LogP contribution in [0, 0.1) is 5.41 Å². The summed E-state index contributed by atoms with van der Waals surface area (Å²) >= 11 is 11.4. The van der Waals surface area contributed by atoms with Crippen molar-refractivity contribution in [2.24, 2.45) is 5.41 Å². The first-order valence-corrected chi connectivity index (χ1v) is 6.38. The lowest BCUT2D eigenvalue weighted by molar-refractivity contribution is 0.0872. The normalized spacial score (nSPS) is 13.5. The summed E-state index contributed by atoms with van der Waals surface area (Å²) in [5, 5.41) is 3.12. The molecular weight excluding hydrogens is 261 g/mol. The second kappa shape index (κ2) is 5.78. The van der Waals surface area contributed by atoms with Crippen molar-refractivity contribution < 1.29 is 9.21 Å². The van der Waals surface area contributed by atoms with E-state index in [1.807, 2.05) is 0 Å². The van der Waals surface area contributed by atoms with Crippen LogP contribution in [0.1, 0.15) is 37.7 Å². The average Bonchev–Trinajstić information content (AvgIpc) is 2.62. The average molecular weight is 278 g/mol. The van der Waals surface area contributed by atoms with Gasteiger partial charge in [0.25, 0.3) is 5.91 Å². The molecule has 17 heavy (non-hydrogen) atoms. The first-order valence-electron chi connectivity index (χ1n) is 5.46. The van der Waals surface area contributed by atoms with E-state index in [9.17, 15) is 4.79 Å². The summed E-state index contributed by atoms with van der Waals surface area (Å²) in [5.41, 5.74) is -0.0546. The lowest BCUT2D eigenvalue weighted by Crippen LogP contribution is -2.43. The fourth-order valence-electron chi connectivity index (χ4n) is 1.50. The second-order valence-corrected chi connectivity index (χ2v) is 5.72. The first-order chi connectivity index (χ1) is 7.84. The third-order valence-electron chi connectivity index (χ3n) is 2.55. The number of hydrogen-bond acceptors (Lipinski definition) is 2. The minimum absolute atomic E-state index is 0.00336. The third kappa shape index (κ3) is 4.25. The van der Waals surface area contributed by atoms with Gasteiger partial charge in [0.15, 0.2) is 11.0 Å². The molecule has 0 saturated heterocycles. The summed E-state index contributed by atoms with van der Waals surface area (Å²) in [6.45, 7) is 6.17. The van der Waals surface area contributed by atoms with E-state index >= 15 is 0 Å². The maximum atomic E-state index is 11.9. The lowest BCUT2D eigenvalue weighted by atomic mass is 9.85. The standard InChI is InChI=1S/C12H17Cl2NO2/c1-12(2,3)9(6-7-13)15-11(16)8-4-5-10(14)17-8/h4-5,9H,6-7H2,1-3H3,(H,15,16). The maximum Gasteiger partial charge on any atom is 0.287 e. The van der Waals surface area contributed by atoms with E-state index < -0.39 is 0 Å². The first kappa shape index (κ1) is 14.4. The minimum atomic E-state index is -0.262. The monoisotopic (exact) mass is 277 g/mol. The molecule has 0 bridgehead atoms. The van der Waals surface area contributed by atoms with Crippen molar-refractivity contribution in [3.8, 4) is 0 Å². The van der Waals surface area contributed by atoms with Gasteiger partial charge in [0.05, 0.1) is 0 Å². The molecule has 1 unspecified atom stereocenters. The van der Waals surface area contributed by atoms with Crippen LogP contribution in [0.5, 0.6) is 0 Å². The number of hydrogen-bond donors (Lipinski definition) is 1. The van der Waals surface area contributed by atoms with Gasteiger partial charge in [0.1, 0.15) is 0 Å². The SMILES string of the molecule is CC(C)(C)C(CCCl)NC(=O)c1ccc(Cl)o1. The van der Waals surface area contributed by atoms with Gasteiger partial charge < -0.3 is 9.73 Å². The Hall–Kier alpha value is -0.670. The summed E-state index contributed by atoms with van der Waals surface area (Å²) < 4.78 is 5.06. The van der Waals surface area contributed by atoms with Crippen LogP contribution in [0.3, 0.4) is 0 Å². The molecule has 0 aliphatic carbocycles. The van der Waals surface area contributed by atoms with E-state index in [2.05, 4.69) is 26.1 Å². The van der Waals surface area contributed by atoms with E-state index in [0.717, 1.165) is 0 Å². The fourth-order valence-corrected chi connectivity index (χ4v) is 1.86. The molecule has 0 spiro atoms. The van der Waals surface area contributed by atoms with Gasteiger partial charge in [-0.2, -0.15) is 0 Å². The Morgan fingerprint density at radius 1 is 1.47 bits per heavy atom. The Kier molecular flexibility index (Phi) is 4.90. The molecule has 1 atom stereocenters. The highest BCUT2D eigenvalue weighted by atomic mass is 35.5. The molecule has 1 rings (SSSR count). The van der Waals surface area contributed by atoms with Gasteiger partial charge in [-0.3, -0.25) is 4.79 Å². The predicted octanol–water partition coefficient (Wildman–Crippen LogP) is 3.71. The smallest absolute Gasteiger partial charge is 0.287 e. The Balaban J connectivity index is 2.71. The summed E-state index contributed by atoms with van der Waals surface area (Å²) in [6, 6.07) is 3.10. The summed E-state index contributed by atoms with van der Waals surface area (Å²) in [5.74, 6) is 0.460. The molecule has 5 heteroatoms. The summed E-state index contributed by atoms with van der Waals surface area (Å²) in [4.78, 5) is 11.9. The molecule has 1 amide bonds. The zero-order valence-corrected chi connectivity index (χ0v) is 11.7. The minimum Gasteiger partial charge on any atom is -0.440 e. The largest absolute Gasteiger partial charge is 0.440 e. The van der Waals surface area contributed by atoms with Crippen LogP contribution in [0.25, 0.3) is 0 Å². The Morgan fingerprint density at radius 2 is 2.12 bits per heavy atom. The van der Waals surface area contributed by atoms with Crippen molar-refractivity contribution in [1.29, 1.82) is 0 Å². The van der Waals surface area contributed by atoms with Gasteiger partial charge >= 0.3 is 0 Å². The maximum absolute atomic E-state index is 11.9. The van der Waals surface area contributed by atoms with Crippen LogP contribution in [0.2, 0.25) is 5.22 Å². The van der Waals surface area contributed by atoms with Crippen LogP contribution in [0.4, 0.5) is 0 Å². The van der Waals surface area contributed by atoms with E-state index in [4.69, 9.17) is 27.6 Å². The van der Waals surface area contributed by atoms with Crippen molar-refractivity contribution >= 4 is 29.1 Å². The predicted molar refractivity (Wildman–Crippen MR) is 69.8 cm³/mol. The van der Waals surface area contributed by atoms with E-state index in [-0.39, 0.29) is 28.3 Å². The van der Waals surface area contributed by atoms with Gasteiger partial charge in [-0.25, -0.2) is 0 Å². The summed E-state index contributed by atoms with van der Waals surface area (Å²) in [6.07, 6.45) is 0.714. The van der Waals surface area contributed by atoms with Gasteiger partial charge in [-0.15, -0.1) is 11.6 Å². The van der Waals surface area contributed by atoms with Crippen molar-refractivity contribution in [3.05, 3.63) is 23.1 Å². The van der Waals surface area contributed by atoms with Crippen molar-refractivity contribution in [3.63, 3.8) is 0 Å². The summed E-state index contributed by atoms with van der Waals surface area (Å²) in [7, 11) is 0. The highest BCUT2D eigenvalue weighted by Gasteiger charge is 2.26. The van der Waals surface area contributed by atoms with Crippen molar-refractivity contribution in [1.82, 2.24) is 5.32 Å². The number of carbonyl (C=O) groups excluding carboxylic acids is 1. The van der Waals surface area contributed by atoms with Crippen LogP contribution in [-0.2, 0) is 0 Å². The molecular formula is C12H17Cl2NO2. The number of carbonyl (C=O) groups is 1. The van der Waals surface area contributed by atoms with E-state index in [1.165, 1.54) is 0 Å².